The van der Waals surface area contributed by atoms with Gasteiger partial charge in [-0.1, -0.05) is 30.4 Å². The molecule has 10 heteroatoms. The van der Waals surface area contributed by atoms with Gasteiger partial charge in [-0.05, 0) is 49.8 Å². The summed E-state index contributed by atoms with van der Waals surface area (Å²) in [4.78, 5) is 10.4. The van der Waals surface area contributed by atoms with Crippen molar-refractivity contribution in [3.05, 3.63) is 54.1 Å². The number of carbonyl (C=O) groups excluding carboxylic acids is 1. The maximum atomic E-state index is 12.8. The van der Waals surface area contributed by atoms with Crippen LogP contribution in [-0.2, 0) is 11.0 Å². The molecule has 0 bridgehead atoms. The Morgan fingerprint density at radius 2 is 1.97 bits per heavy atom. The summed E-state index contributed by atoms with van der Waals surface area (Å²) in [5.41, 5.74) is -0.848. The van der Waals surface area contributed by atoms with E-state index < -0.39 is 41.9 Å². The first kappa shape index (κ1) is 29.7. The van der Waals surface area contributed by atoms with Crippen LogP contribution in [0.5, 0.6) is 5.75 Å². The second-order valence-corrected chi connectivity index (χ2v) is 7.87. The van der Waals surface area contributed by atoms with Gasteiger partial charge in [0.1, 0.15) is 18.5 Å². The molecule has 0 amide bonds. The average Bonchev–Trinajstić information content (AvgIpc) is 2.99. The molecule has 1 aliphatic rings. The Kier molecular flexibility index (Phi) is 12.7. The fourth-order valence-electron chi connectivity index (χ4n) is 3.70. The molecule has 5 atom stereocenters. The number of carboxylic acids is 1. The Balaban J connectivity index is 0.00000544. The number of hydrogen-bond acceptors (Lipinski definition) is 6. The number of unbranched alkanes of at least 4 members (excludes halogenated alkanes) is 1. The van der Waals surface area contributed by atoms with E-state index in [2.05, 4.69) is 0 Å². The van der Waals surface area contributed by atoms with Crippen LogP contribution in [0, 0.1) is 11.8 Å². The molecule has 1 aromatic carbocycles. The van der Waals surface area contributed by atoms with Crippen LogP contribution in [0.4, 0.5) is 13.2 Å². The van der Waals surface area contributed by atoms with Crippen molar-refractivity contribution in [3.8, 4) is 5.75 Å². The number of benzene rings is 1. The summed E-state index contributed by atoms with van der Waals surface area (Å²) in [6.45, 7) is -0.272. The molecule has 0 aliphatic heterocycles. The van der Waals surface area contributed by atoms with Gasteiger partial charge in [-0.2, -0.15) is 13.2 Å². The maximum Gasteiger partial charge on any atom is 1.00 e. The van der Waals surface area contributed by atoms with Crippen LogP contribution >= 0.6 is 0 Å². The van der Waals surface area contributed by atoms with Crippen molar-refractivity contribution < 1.29 is 72.7 Å². The number of aliphatic carboxylic acids is 1. The van der Waals surface area contributed by atoms with Crippen LogP contribution < -0.4 is 39.4 Å². The van der Waals surface area contributed by atoms with E-state index in [1.165, 1.54) is 18.2 Å². The molecule has 0 heterocycles. The number of alkyl halides is 3. The molecular weight excluding hydrogens is 452 g/mol. The number of ether oxygens (including phenoxy) is 1. The normalized spacial score (nSPS) is 24.2. The standard InChI is InChI=1S/C23H29F3O6.Na/c24-23(25,26)15-6-5-7-17(12-15)32-14-16(27)10-11-19-18(20(28)13-21(19)29)8-3-1-2-4-9-22(30)31;/h1,3,5-7,10-12,16,18-21,27-29H,2,4,8-9,13-14H2,(H,30,31);/q;+1/p-1/b3-1+,11-10+;/t16-,18-,19?,20+,21-;/m0./s1. The number of aliphatic hydroxyl groups is 3. The minimum atomic E-state index is -4.49. The van der Waals surface area contributed by atoms with Gasteiger partial charge < -0.3 is 30.0 Å². The molecule has 1 aliphatic carbocycles. The van der Waals surface area contributed by atoms with Crippen LogP contribution in [0.25, 0.3) is 0 Å². The number of hydrogen-bond donors (Lipinski definition) is 3. The number of rotatable bonds is 11. The fourth-order valence-corrected chi connectivity index (χ4v) is 3.70. The number of allylic oxidation sites excluding steroid dienone is 2. The van der Waals surface area contributed by atoms with Crippen molar-refractivity contribution in [3.63, 3.8) is 0 Å². The molecule has 1 fully saturated rings. The number of aliphatic hydroxyl groups excluding tert-OH is 3. The zero-order chi connectivity index (χ0) is 23.7. The largest absolute Gasteiger partial charge is 1.00 e. The maximum absolute atomic E-state index is 12.8. The topological polar surface area (TPSA) is 110 Å². The molecule has 2 rings (SSSR count). The molecule has 0 spiro atoms. The summed E-state index contributed by atoms with van der Waals surface area (Å²) in [7, 11) is 0. The van der Waals surface area contributed by atoms with E-state index in [1.54, 1.807) is 6.08 Å². The Bertz CT molecular complexity index is 799. The van der Waals surface area contributed by atoms with Crippen LogP contribution in [0.1, 0.15) is 37.7 Å². The minimum absolute atomic E-state index is 0. The van der Waals surface area contributed by atoms with Gasteiger partial charge in [0.15, 0.2) is 0 Å². The molecule has 0 saturated heterocycles. The van der Waals surface area contributed by atoms with Crippen LogP contribution in [0.15, 0.2) is 48.6 Å². The summed E-state index contributed by atoms with van der Waals surface area (Å²) >= 11 is 0. The second kappa shape index (κ2) is 14.1. The van der Waals surface area contributed by atoms with Gasteiger partial charge in [-0.15, -0.1) is 0 Å². The van der Waals surface area contributed by atoms with E-state index in [-0.39, 0.29) is 60.7 Å². The number of halogens is 3. The Morgan fingerprint density at radius 1 is 1.24 bits per heavy atom. The Morgan fingerprint density at radius 3 is 2.64 bits per heavy atom. The first-order valence-corrected chi connectivity index (χ1v) is 10.5. The minimum Gasteiger partial charge on any atom is -0.550 e. The predicted octanol–water partition coefficient (Wildman–Crippen LogP) is -0.770. The molecule has 1 unspecified atom stereocenters. The molecule has 33 heavy (non-hydrogen) atoms. The van der Waals surface area contributed by atoms with Crippen LogP contribution in [0.3, 0.4) is 0 Å². The van der Waals surface area contributed by atoms with Gasteiger partial charge in [0, 0.05) is 18.3 Å². The molecule has 0 radical (unpaired) electrons. The molecule has 178 valence electrons. The third-order valence-corrected chi connectivity index (χ3v) is 5.38. The zero-order valence-electron chi connectivity index (χ0n) is 18.4. The van der Waals surface area contributed by atoms with E-state index >= 15 is 0 Å². The fraction of sp³-hybridized carbons (Fsp3) is 0.522. The predicted molar refractivity (Wildman–Crippen MR) is 108 cm³/mol. The summed E-state index contributed by atoms with van der Waals surface area (Å²) in [5.74, 6) is -1.82. The smallest absolute Gasteiger partial charge is 0.550 e. The van der Waals surface area contributed by atoms with Crippen molar-refractivity contribution in [1.29, 1.82) is 0 Å². The third kappa shape index (κ3) is 10.2. The molecule has 1 saturated carbocycles. The van der Waals surface area contributed by atoms with Gasteiger partial charge in [-0.3, -0.25) is 0 Å². The van der Waals surface area contributed by atoms with E-state index in [1.807, 2.05) is 12.2 Å². The second-order valence-electron chi connectivity index (χ2n) is 7.87. The van der Waals surface area contributed by atoms with E-state index in [0.717, 1.165) is 12.1 Å². The van der Waals surface area contributed by atoms with Gasteiger partial charge in [0.25, 0.3) is 0 Å². The van der Waals surface area contributed by atoms with Gasteiger partial charge in [-0.25, -0.2) is 0 Å². The van der Waals surface area contributed by atoms with Crippen molar-refractivity contribution in [2.75, 3.05) is 6.61 Å². The Labute approximate surface area is 213 Å². The molecule has 1 aromatic rings. The van der Waals surface area contributed by atoms with Crippen LogP contribution in [-0.4, -0.2) is 46.2 Å². The Hall–Kier alpha value is -1.36. The average molecular weight is 480 g/mol. The molecular formula is C23H28F3NaO6. The number of carboxylic acid groups (broad SMARTS) is 1. The first-order valence-electron chi connectivity index (χ1n) is 10.5. The van der Waals surface area contributed by atoms with Gasteiger partial charge in [0.05, 0.1) is 17.8 Å². The van der Waals surface area contributed by atoms with Crippen molar-refractivity contribution in [2.24, 2.45) is 11.8 Å². The SMILES string of the molecule is O=C([O-])CCC/C=C/C[C@H]1C(/C=C/[C@H](O)COc2cccc(C(F)(F)F)c2)[C@@H](O)C[C@H]1O.[Na+]. The third-order valence-electron chi connectivity index (χ3n) is 5.38. The molecule has 3 N–H and O–H groups in total. The van der Waals surface area contributed by atoms with Crippen molar-refractivity contribution >= 4 is 5.97 Å². The quantitative estimate of drug-likeness (QED) is 0.218. The summed E-state index contributed by atoms with van der Waals surface area (Å²) in [6, 6.07) is 4.35. The van der Waals surface area contributed by atoms with Gasteiger partial charge >= 0.3 is 35.7 Å². The van der Waals surface area contributed by atoms with Crippen molar-refractivity contribution in [2.45, 2.75) is 56.6 Å². The summed E-state index contributed by atoms with van der Waals surface area (Å²) < 4.78 is 43.5. The number of carbonyl (C=O) groups is 1. The van der Waals surface area contributed by atoms with E-state index in [4.69, 9.17) is 4.74 Å². The first-order chi connectivity index (χ1) is 15.1. The molecule has 6 nitrogen and oxygen atoms in total. The van der Waals surface area contributed by atoms with E-state index in [0.29, 0.717) is 19.3 Å². The summed E-state index contributed by atoms with van der Waals surface area (Å²) in [6.07, 6.45) is 1.15. The van der Waals surface area contributed by atoms with Crippen molar-refractivity contribution in [1.82, 2.24) is 0 Å². The summed E-state index contributed by atoms with van der Waals surface area (Å²) in [5, 5.41) is 41.0. The van der Waals surface area contributed by atoms with Gasteiger partial charge in [0.2, 0.25) is 0 Å². The zero-order valence-corrected chi connectivity index (χ0v) is 20.4. The van der Waals surface area contributed by atoms with Crippen LogP contribution in [0.2, 0.25) is 0 Å². The van der Waals surface area contributed by atoms with E-state index in [9.17, 15) is 38.4 Å². The molecule has 0 aromatic heterocycles. The monoisotopic (exact) mass is 480 g/mol.